The van der Waals surface area contributed by atoms with Crippen LogP contribution in [-0.4, -0.2) is 36.5 Å². The molecule has 0 N–H and O–H groups in total. The Balaban J connectivity index is 1.58. The van der Waals surface area contributed by atoms with Crippen LogP contribution in [0.4, 0.5) is 5.69 Å². The second-order valence-corrected chi connectivity index (χ2v) is 8.59. The highest BCUT2D eigenvalue weighted by Crippen LogP contribution is 2.43. The SMILES string of the molecule is CCCCCCc1ccc(N2CCC3(CCN(C(C)C)CC3)C2=O)cc1. The van der Waals surface area contributed by atoms with Crippen LogP contribution in [0.1, 0.15) is 71.3 Å². The van der Waals surface area contributed by atoms with Gasteiger partial charge in [-0.25, -0.2) is 0 Å². The lowest BCUT2D eigenvalue weighted by molar-refractivity contribution is -0.128. The molecule has 0 aromatic heterocycles. The van der Waals surface area contributed by atoms with Gasteiger partial charge in [0.2, 0.25) is 5.91 Å². The van der Waals surface area contributed by atoms with Crippen molar-refractivity contribution < 1.29 is 4.79 Å². The number of anilines is 1. The fourth-order valence-electron chi connectivity index (χ4n) is 4.60. The number of likely N-dealkylation sites (tertiary alicyclic amines) is 1. The van der Waals surface area contributed by atoms with Gasteiger partial charge in [-0.2, -0.15) is 0 Å². The molecule has 0 bridgehead atoms. The molecule has 1 spiro atoms. The predicted octanol–water partition coefficient (Wildman–Crippen LogP) is 5.04. The van der Waals surface area contributed by atoms with Gasteiger partial charge in [0.15, 0.2) is 0 Å². The average Bonchev–Trinajstić information content (AvgIpc) is 2.96. The van der Waals surface area contributed by atoms with Gasteiger partial charge in [0.05, 0.1) is 5.41 Å². The van der Waals surface area contributed by atoms with Gasteiger partial charge in [0, 0.05) is 18.3 Å². The van der Waals surface area contributed by atoms with Gasteiger partial charge in [0.25, 0.3) is 0 Å². The molecule has 2 heterocycles. The molecule has 0 atom stereocenters. The number of benzene rings is 1. The van der Waals surface area contributed by atoms with E-state index in [0.29, 0.717) is 11.9 Å². The first-order valence-electron chi connectivity index (χ1n) is 10.7. The minimum atomic E-state index is -0.0930. The highest BCUT2D eigenvalue weighted by atomic mass is 16.2. The summed E-state index contributed by atoms with van der Waals surface area (Å²) < 4.78 is 0. The van der Waals surface area contributed by atoms with Crippen molar-refractivity contribution in [3.05, 3.63) is 29.8 Å². The summed E-state index contributed by atoms with van der Waals surface area (Å²) in [6.07, 6.45) is 9.43. The Kier molecular flexibility index (Phi) is 6.39. The number of unbranched alkanes of at least 4 members (excludes halogenated alkanes) is 3. The summed E-state index contributed by atoms with van der Waals surface area (Å²) in [6, 6.07) is 9.36. The smallest absolute Gasteiger partial charge is 0.233 e. The van der Waals surface area contributed by atoms with E-state index in [1.54, 1.807) is 0 Å². The number of carbonyl (C=O) groups is 1. The normalized spacial score (nSPS) is 20.5. The molecule has 0 radical (unpaired) electrons. The Labute approximate surface area is 159 Å². The Morgan fingerprint density at radius 2 is 1.62 bits per heavy atom. The van der Waals surface area contributed by atoms with Gasteiger partial charge < -0.3 is 9.80 Å². The van der Waals surface area contributed by atoms with Crippen LogP contribution < -0.4 is 4.90 Å². The lowest BCUT2D eigenvalue weighted by atomic mass is 9.77. The Bertz CT molecular complexity index is 585. The molecule has 144 valence electrons. The quantitative estimate of drug-likeness (QED) is 0.639. The molecule has 3 nitrogen and oxygen atoms in total. The first kappa shape index (κ1) is 19.4. The van der Waals surface area contributed by atoms with E-state index in [1.165, 1.54) is 31.2 Å². The Hall–Kier alpha value is -1.35. The van der Waals surface area contributed by atoms with Crippen LogP contribution >= 0.6 is 0 Å². The largest absolute Gasteiger partial charge is 0.312 e. The minimum absolute atomic E-state index is 0.0930. The summed E-state index contributed by atoms with van der Waals surface area (Å²) in [7, 11) is 0. The van der Waals surface area contributed by atoms with Crippen molar-refractivity contribution in [3.63, 3.8) is 0 Å². The lowest BCUT2D eigenvalue weighted by Gasteiger charge is -2.39. The van der Waals surface area contributed by atoms with Crippen molar-refractivity contribution in [2.45, 2.75) is 78.2 Å². The van der Waals surface area contributed by atoms with Crippen LogP contribution in [0.2, 0.25) is 0 Å². The maximum absolute atomic E-state index is 13.2. The summed E-state index contributed by atoms with van der Waals surface area (Å²) in [5, 5.41) is 0. The zero-order valence-corrected chi connectivity index (χ0v) is 17.0. The van der Waals surface area contributed by atoms with Crippen molar-refractivity contribution in [1.82, 2.24) is 4.90 Å². The van der Waals surface area contributed by atoms with E-state index in [1.807, 2.05) is 4.90 Å². The second-order valence-electron chi connectivity index (χ2n) is 8.59. The minimum Gasteiger partial charge on any atom is -0.312 e. The van der Waals surface area contributed by atoms with E-state index in [-0.39, 0.29) is 5.41 Å². The van der Waals surface area contributed by atoms with Gasteiger partial charge in [-0.1, -0.05) is 38.3 Å². The number of hydrogen-bond donors (Lipinski definition) is 0. The van der Waals surface area contributed by atoms with Crippen LogP contribution in [0.15, 0.2) is 24.3 Å². The highest BCUT2D eigenvalue weighted by Gasteiger charge is 2.48. The molecule has 2 aliphatic rings. The number of piperidine rings is 1. The number of nitrogens with zero attached hydrogens (tertiary/aromatic N) is 2. The molecule has 0 saturated carbocycles. The standard InChI is InChI=1S/C23H36N2O/c1-4-5-6-7-8-20-9-11-21(12-10-20)25-18-15-23(22(25)26)13-16-24(17-14-23)19(2)3/h9-12,19H,4-8,13-18H2,1-3H3. The first-order valence-corrected chi connectivity index (χ1v) is 10.7. The lowest BCUT2D eigenvalue weighted by Crippen LogP contribution is -2.46. The van der Waals surface area contributed by atoms with Gasteiger partial charge in [-0.3, -0.25) is 4.79 Å². The molecule has 1 aromatic rings. The average molecular weight is 357 g/mol. The summed E-state index contributed by atoms with van der Waals surface area (Å²) in [5.74, 6) is 0.372. The van der Waals surface area contributed by atoms with Gasteiger partial charge in [-0.15, -0.1) is 0 Å². The van der Waals surface area contributed by atoms with Crippen LogP contribution in [0.3, 0.4) is 0 Å². The molecule has 0 unspecified atom stereocenters. The van der Waals surface area contributed by atoms with Gasteiger partial charge >= 0.3 is 0 Å². The molecule has 2 fully saturated rings. The third-order valence-electron chi connectivity index (χ3n) is 6.57. The van der Waals surface area contributed by atoms with Gasteiger partial charge in [-0.05, 0) is 76.7 Å². The summed E-state index contributed by atoms with van der Waals surface area (Å²) in [5.41, 5.74) is 2.40. The molecule has 3 rings (SSSR count). The molecule has 26 heavy (non-hydrogen) atoms. The number of hydrogen-bond acceptors (Lipinski definition) is 2. The number of carbonyl (C=O) groups excluding carboxylic acids is 1. The van der Waals surface area contributed by atoms with Crippen molar-refractivity contribution >= 4 is 11.6 Å². The van der Waals surface area contributed by atoms with Crippen molar-refractivity contribution in [2.75, 3.05) is 24.5 Å². The molecule has 1 amide bonds. The maximum Gasteiger partial charge on any atom is 0.233 e. The third-order valence-corrected chi connectivity index (χ3v) is 6.57. The zero-order chi connectivity index (χ0) is 18.6. The van der Waals surface area contributed by atoms with E-state index in [9.17, 15) is 4.79 Å². The number of aryl methyl sites for hydroxylation is 1. The summed E-state index contributed by atoms with van der Waals surface area (Å²) in [6.45, 7) is 9.77. The third kappa shape index (κ3) is 4.14. The summed E-state index contributed by atoms with van der Waals surface area (Å²) >= 11 is 0. The molecular weight excluding hydrogens is 320 g/mol. The topological polar surface area (TPSA) is 23.6 Å². The predicted molar refractivity (Wildman–Crippen MR) is 110 cm³/mol. The monoisotopic (exact) mass is 356 g/mol. The van der Waals surface area contributed by atoms with E-state index in [0.717, 1.165) is 51.0 Å². The first-order chi connectivity index (χ1) is 12.6. The highest BCUT2D eigenvalue weighted by molar-refractivity contribution is 6.00. The fraction of sp³-hybridized carbons (Fsp3) is 0.696. The second kappa shape index (κ2) is 8.56. The molecular formula is C23H36N2O. The van der Waals surface area contributed by atoms with Crippen molar-refractivity contribution in [3.8, 4) is 0 Å². The fourth-order valence-corrected chi connectivity index (χ4v) is 4.60. The Morgan fingerprint density at radius 1 is 0.962 bits per heavy atom. The summed E-state index contributed by atoms with van der Waals surface area (Å²) in [4.78, 5) is 17.8. The molecule has 2 aliphatic heterocycles. The zero-order valence-electron chi connectivity index (χ0n) is 17.0. The maximum atomic E-state index is 13.2. The van der Waals surface area contributed by atoms with E-state index in [4.69, 9.17) is 0 Å². The molecule has 1 aromatic carbocycles. The van der Waals surface area contributed by atoms with E-state index >= 15 is 0 Å². The van der Waals surface area contributed by atoms with Crippen molar-refractivity contribution in [1.29, 1.82) is 0 Å². The Morgan fingerprint density at radius 3 is 2.23 bits per heavy atom. The van der Waals surface area contributed by atoms with Crippen LogP contribution in [0.25, 0.3) is 0 Å². The van der Waals surface area contributed by atoms with Crippen LogP contribution in [0.5, 0.6) is 0 Å². The van der Waals surface area contributed by atoms with E-state index < -0.39 is 0 Å². The number of rotatable bonds is 7. The molecule has 3 heteroatoms. The van der Waals surface area contributed by atoms with Crippen LogP contribution in [0, 0.1) is 5.41 Å². The van der Waals surface area contributed by atoms with Crippen LogP contribution in [-0.2, 0) is 11.2 Å². The van der Waals surface area contributed by atoms with Gasteiger partial charge in [0.1, 0.15) is 0 Å². The number of amides is 1. The van der Waals surface area contributed by atoms with E-state index in [2.05, 4.69) is 49.9 Å². The molecule has 2 saturated heterocycles. The van der Waals surface area contributed by atoms with Crippen molar-refractivity contribution in [2.24, 2.45) is 5.41 Å². The molecule has 0 aliphatic carbocycles.